The van der Waals surface area contributed by atoms with Crippen LogP contribution in [0.15, 0.2) is 66.0 Å². The Labute approximate surface area is 204 Å². The maximum absolute atomic E-state index is 13.7. The fraction of sp³-hybridized carbons (Fsp3) is 0.286. The molecule has 174 valence electrons. The number of aryl methyl sites for hydroxylation is 2. The number of rotatable bonds is 4. The summed E-state index contributed by atoms with van der Waals surface area (Å²) in [7, 11) is 0. The van der Waals surface area contributed by atoms with Crippen LogP contribution in [-0.2, 0) is 6.54 Å². The van der Waals surface area contributed by atoms with Crippen LogP contribution in [0.4, 0.5) is 0 Å². The van der Waals surface area contributed by atoms with Crippen molar-refractivity contribution in [3.8, 4) is 0 Å². The van der Waals surface area contributed by atoms with Crippen molar-refractivity contribution in [2.75, 3.05) is 19.6 Å². The second kappa shape index (κ2) is 9.11. The molecule has 0 saturated carbocycles. The first-order valence-electron chi connectivity index (χ1n) is 11.7. The highest BCUT2D eigenvalue weighted by molar-refractivity contribution is 7.16. The molecule has 0 N–H and O–H groups in total. The number of fused-ring (bicyclic) bond motifs is 1. The molecule has 0 bridgehead atoms. The molecule has 0 spiro atoms. The first-order chi connectivity index (χ1) is 16.4. The number of hydrogen-bond donors (Lipinski definition) is 0. The van der Waals surface area contributed by atoms with E-state index in [0.29, 0.717) is 26.2 Å². The molecule has 2 amide bonds. The van der Waals surface area contributed by atoms with Gasteiger partial charge in [0.2, 0.25) is 0 Å². The highest BCUT2D eigenvalue weighted by atomic mass is 32.1. The Morgan fingerprint density at radius 1 is 0.941 bits per heavy atom. The summed E-state index contributed by atoms with van der Waals surface area (Å²) in [5, 5.41) is 3.18. The van der Waals surface area contributed by atoms with E-state index in [0.717, 1.165) is 27.0 Å². The number of piperazine rings is 1. The number of carbonyl (C=O) groups is 2. The van der Waals surface area contributed by atoms with E-state index in [1.54, 1.807) is 11.3 Å². The Kier molecular flexibility index (Phi) is 6.00. The predicted molar refractivity (Wildman–Crippen MR) is 138 cm³/mol. The van der Waals surface area contributed by atoms with Gasteiger partial charge in [-0.1, -0.05) is 42.5 Å². The Hall–Kier alpha value is -3.38. The number of thiophene rings is 1. The second-order valence-corrected chi connectivity index (χ2v) is 10.0. The van der Waals surface area contributed by atoms with Crippen LogP contribution in [0, 0.1) is 13.8 Å². The largest absolute Gasteiger partial charge is 0.334 e. The van der Waals surface area contributed by atoms with Gasteiger partial charge in [-0.2, -0.15) is 0 Å². The molecule has 34 heavy (non-hydrogen) atoms. The van der Waals surface area contributed by atoms with Crippen LogP contribution in [-0.4, -0.2) is 51.9 Å². The molecule has 0 unspecified atom stereocenters. The smallest absolute Gasteiger partial charge is 0.270 e. The van der Waals surface area contributed by atoms with Gasteiger partial charge in [-0.25, -0.2) is 0 Å². The number of hydrogen-bond acceptors (Lipinski definition) is 3. The second-order valence-electron chi connectivity index (χ2n) is 9.14. The summed E-state index contributed by atoms with van der Waals surface area (Å²) in [6.07, 6.45) is 0. The SMILES string of the molecule is Cc1ccccc1Cn1c(C(=O)N2CCN(C(=O)c3ccccc3C)[C@H](C)C2)cc2ccsc21. The molecule has 2 aromatic heterocycles. The fourth-order valence-electron chi connectivity index (χ4n) is 4.84. The molecule has 5 nitrogen and oxygen atoms in total. The first-order valence-corrected chi connectivity index (χ1v) is 12.6. The van der Waals surface area contributed by atoms with Crippen LogP contribution < -0.4 is 0 Å². The number of carbonyl (C=O) groups excluding carboxylic acids is 2. The molecule has 6 heteroatoms. The summed E-state index contributed by atoms with van der Waals surface area (Å²) in [5.41, 5.74) is 4.87. The Bertz CT molecular complexity index is 1370. The topological polar surface area (TPSA) is 45.6 Å². The lowest BCUT2D eigenvalue weighted by Gasteiger charge is -2.40. The average molecular weight is 472 g/mol. The zero-order valence-corrected chi connectivity index (χ0v) is 20.6. The Balaban J connectivity index is 1.38. The first kappa shape index (κ1) is 22.4. The lowest BCUT2D eigenvalue weighted by atomic mass is 10.1. The van der Waals surface area contributed by atoms with E-state index >= 15 is 0 Å². The van der Waals surface area contributed by atoms with Gasteiger partial charge < -0.3 is 14.4 Å². The van der Waals surface area contributed by atoms with Crippen molar-refractivity contribution in [1.82, 2.24) is 14.4 Å². The fourth-order valence-corrected chi connectivity index (χ4v) is 5.74. The number of amides is 2. The van der Waals surface area contributed by atoms with E-state index in [1.165, 1.54) is 11.1 Å². The monoisotopic (exact) mass is 471 g/mol. The molecule has 4 aromatic rings. The van der Waals surface area contributed by atoms with Crippen LogP contribution in [0.3, 0.4) is 0 Å². The van der Waals surface area contributed by atoms with Gasteiger partial charge in [0.05, 0.1) is 0 Å². The molecule has 5 rings (SSSR count). The van der Waals surface area contributed by atoms with Crippen LogP contribution in [0.5, 0.6) is 0 Å². The van der Waals surface area contributed by atoms with Crippen molar-refractivity contribution in [2.24, 2.45) is 0 Å². The minimum atomic E-state index is -0.0503. The lowest BCUT2D eigenvalue weighted by molar-refractivity contribution is 0.0409. The van der Waals surface area contributed by atoms with Gasteiger partial charge in [-0.05, 0) is 61.0 Å². The normalized spacial score (nSPS) is 16.3. The summed E-state index contributed by atoms with van der Waals surface area (Å²) in [6, 6.07) is 20.1. The van der Waals surface area contributed by atoms with Crippen LogP contribution in [0.1, 0.15) is 44.5 Å². The van der Waals surface area contributed by atoms with Gasteiger partial charge in [0.15, 0.2) is 0 Å². The van der Waals surface area contributed by atoms with E-state index in [2.05, 4.69) is 35.1 Å². The molecule has 1 atom stereocenters. The third kappa shape index (κ3) is 4.03. The minimum Gasteiger partial charge on any atom is -0.334 e. The molecule has 0 aliphatic carbocycles. The Morgan fingerprint density at radius 2 is 1.68 bits per heavy atom. The maximum atomic E-state index is 13.7. The molecule has 1 aliphatic rings. The van der Waals surface area contributed by atoms with Crippen LogP contribution in [0.25, 0.3) is 10.2 Å². The summed E-state index contributed by atoms with van der Waals surface area (Å²) < 4.78 is 2.15. The van der Waals surface area contributed by atoms with Gasteiger partial charge in [-0.15, -0.1) is 11.3 Å². The Morgan fingerprint density at radius 3 is 2.41 bits per heavy atom. The zero-order valence-electron chi connectivity index (χ0n) is 19.8. The highest BCUT2D eigenvalue weighted by Gasteiger charge is 2.32. The van der Waals surface area contributed by atoms with E-state index < -0.39 is 0 Å². The summed E-state index contributed by atoms with van der Waals surface area (Å²) >= 11 is 1.67. The van der Waals surface area contributed by atoms with E-state index in [9.17, 15) is 9.59 Å². The molecule has 0 radical (unpaired) electrons. The molecule has 2 aromatic carbocycles. The van der Waals surface area contributed by atoms with Crippen molar-refractivity contribution in [1.29, 1.82) is 0 Å². The molecule has 3 heterocycles. The van der Waals surface area contributed by atoms with Gasteiger partial charge in [0.25, 0.3) is 11.8 Å². The van der Waals surface area contributed by atoms with E-state index in [1.807, 2.05) is 66.1 Å². The van der Waals surface area contributed by atoms with Gasteiger partial charge in [0.1, 0.15) is 10.5 Å². The van der Waals surface area contributed by atoms with Crippen molar-refractivity contribution in [3.05, 3.63) is 94.0 Å². The van der Waals surface area contributed by atoms with Gasteiger partial charge >= 0.3 is 0 Å². The van der Waals surface area contributed by atoms with Gasteiger partial charge in [0, 0.05) is 43.2 Å². The number of benzene rings is 2. The number of nitrogens with zero attached hydrogens (tertiary/aromatic N) is 3. The summed E-state index contributed by atoms with van der Waals surface area (Å²) in [5.74, 6) is 0.0768. The van der Waals surface area contributed by atoms with Crippen molar-refractivity contribution in [2.45, 2.75) is 33.4 Å². The number of aromatic nitrogens is 1. The van der Waals surface area contributed by atoms with Crippen LogP contribution >= 0.6 is 11.3 Å². The van der Waals surface area contributed by atoms with Crippen molar-refractivity contribution in [3.63, 3.8) is 0 Å². The maximum Gasteiger partial charge on any atom is 0.270 e. The third-order valence-corrected chi connectivity index (χ3v) is 7.81. The summed E-state index contributed by atoms with van der Waals surface area (Å²) in [4.78, 5) is 31.8. The molecular formula is C28H29N3O2S. The standard InChI is InChI=1S/C28H29N3O2S/c1-19-8-4-6-10-23(19)18-31-25(16-22-12-15-34-28(22)31)27(33)29-13-14-30(21(3)17-29)26(32)24-11-7-5-9-20(24)2/h4-12,15-16,21H,13-14,17-18H2,1-3H3/t21-/m1/s1. The quantitative estimate of drug-likeness (QED) is 0.403. The predicted octanol–water partition coefficient (Wildman–Crippen LogP) is 5.35. The van der Waals surface area contributed by atoms with E-state index in [-0.39, 0.29) is 17.9 Å². The van der Waals surface area contributed by atoms with E-state index in [4.69, 9.17) is 0 Å². The third-order valence-electron chi connectivity index (χ3n) is 6.86. The zero-order chi connectivity index (χ0) is 23.8. The molecular weight excluding hydrogens is 442 g/mol. The van der Waals surface area contributed by atoms with Gasteiger partial charge in [-0.3, -0.25) is 9.59 Å². The minimum absolute atomic E-state index is 0.0341. The average Bonchev–Trinajstić information content (AvgIpc) is 3.42. The van der Waals surface area contributed by atoms with Crippen molar-refractivity contribution >= 4 is 33.4 Å². The van der Waals surface area contributed by atoms with Crippen molar-refractivity contribution < 1.29 is 9.59 Å². The molecule has 1 fully saturated rings. The van der Waals surface area contributed by atoms with Crippen LogP contribution in [0.2, 0.25) is 0 Å². The lowest BCUT2D eigenvalue weighted by Crippen LogP contribution is -2.55. The molecule has 1 aliphatic heterocycles. The molecule has 1 saturated heterocycles. The highest BCUT2D eigenvalue weighted by Crippen LogP contribution is 2.28. The summed E-state index contributed by atoms with van der Waals surface area (Å²) in [6.45, 7) is 8.36.